The lowest BCUT2D eigenvalue weighted by molar-refractivity contribution is -0.112. The van der Waals surface area contributed by atoms with Crippen molar-refractivity contribution in [1.82, 2.24) is 0 Å². The zero-order chi connectivity index (χ0) is 12.0. The highest BCUT2D eigenvalue weighted by Crippen LogP contribution is 2.15. The van der Waals surface area contributed by atoms with E-state index in [1.807, 2.05) is 25.1 Å². The van der Waals surface area contributed by atoms with Gasteiger partial charge in [0, 0.05) is 16.8 Å². The minimum absolute atomic E-state index is 0.0764. The molecule has 0 spiro atoms. The maximum Gasteiger partial charge on any atom is 0.250 e. The Morgan fingerprint density at radius 1 is 1.44 bits per heavy atom. The molecule has 0 saturated carbocycles. The van der Waals surface area contributed by atoms with Crippen LogP contribution in [-0.2, 0) is 11.4 Å². The molecule has 0 unspecified atom stereocenters. The van der Waals surface area contributed by atoms with Crippen molar-refractivity contribution in [3.63, 3.8) is 0 Å². The predicted octanol–water partition coefficient (Wildman–Crippen LogP) is 2.47. The number of benzene rings is 1. The van der Waals surface area contributed by atoms with Gasteiger partial charge in [0.2, 0.25) is 0 Å². The van der Waals surface area contributed by atoms with Crippen LogP contribution in [0.1, 0.15) is 25.8 Å². The highest BCUT2D eigenvalue weighted by atomic mass is 16.3. The molecule has 0 fully saturated rings. The molecule has 0 saturated heterocycles. The van der Waals surface area contributed by atoms with E-state index in [1.165, 1.54) is 0 Å². The molecule has 0 aliphatic heterocycles. The average molecular weight is 219 g/mol. The van der Waals surface area contributed by atoms with Crippen molar-refractivity contribution in [3.8, 4) is 0 Å². The summed E-state index contributed by atoms with van der Waals surface area (Å²) >= 11 is 0. The largest absolute Gasteiger partial charge is 0.392 e. The lowest BCUT2D eigenvalue weighted by Crippen LogP contribution is -2.14. The number of aliphatic hydroxyl groups excluding tert-OH is 1. The molecule has 3 heteroatoms. The lowest BCUT2D eigenvalue weighted by Gasteiger charge is -2.09. The Morgan fingerprint density at radius 2 is 2.12 bits per heavy atom. The van der Waals surface area contributed by atoms with E-state index in [9.17, 15) is 4.79 Å². The fourth-order valence-electron chi connectivity index (χ4n) is 1.40. The molecule has 0 aromatic heterocycles. The second-order valence-corrected chi connectivity index (χ2v) is 3.56. The molecule has 86 valence electrons. The number of hydrogen-bond acceptors (Lipinski definition) is 2. The van der Waals surface area contributed by atoms with E-state index in [2.05, 4.69) is 5.32 Å². The molecule has 0 aliphatic carbocycles. The molecule has 2 N–H and O–H groups in total. The topological polar surface area (TPSA) is 49.3 Å². The first-order valence-corrected chi connectivity index (χ1v) is 5.36. The van der Waals surface area contributed by atoms with Crippen LogP contribution in [-0.4, -0.2) is 11.0 Å². The normalized spacial score (nSPS) is 11.3. The number of rotatable bonds is 4. The molecule has 1 amide bonds. The molecule has 1 rings (SSSR count). The Balaban J connectivity index is 2.80. The summed E-state index contributed by atoms with van der Waals surface area (Å²) in [6.07, 6.45) is 2.71. The smallest absolute Gasteiger partial charge is 0.250 e. The summed E-state index contributed by atoms with van der Waals surface area (Å²) in [5.41, 5.74) is 2.08. The van der Waals surface area contributed by atoms with Gasteiger partial charge in [-0.15, -0.1) is 0 Å². The van der Waals surface area contributed by atoms with Gasteiger partial charge in [-0.3, -0.25) is 4.79 Å². The third-order valence-electron chi connectivity index (χ3n) is 2.30. The van der Waals surface area contributed by atoms with Crippen LogP contribution in [0.5, 0.6) is 0 Å². The van der Waals surface area contributed by atoms with Crippen LogP contribution in [0.3, 0.4) is 0 Å². The zero-order valence-electron chi connectivity index (χ0n) is 9.66. The predicted molar refractivity (Wildman–Crippen MR) is 65.0 cm³/mol. The van der Waals surface area contributed by atoms with E-state index in [-0.39, 0.29) is 12.5 Å². The first-order chi connectivity index (χ1) is 7.69. The number of allylic oxidation sites excluding steroid dienone is 1. The Labute approximate surface area is 95.8 Å². The Morgan fingerprint density at radius 3 is 2.75 bits per heavy atom. The van der Waals surface area contributed by atoms with Crippen LogP contribution in [0.25, 0.3) is 0 Å². The number of nitrogens with one attached hydrogen (secondary N) is 1. The first-order valence-electron chi connectivity index (χ1n) is 5.36. The lowest BCUT2D eigenvalue weighted by atomic mass is 10.1. The van der Waals surface area contributed by atoms with Gasteiger partial charge in [0.1, 0.15) is 0 Å². The van der Waals surface area contributed by atoms with E-state index < -0.39 is 0 Å². The maximum absolute atomic E-state index is 11.7. The molecule has 1 aromatic carbocycles. The summed E-state index contributed by atoms with van der Waals surface area (Å²) in [7, 11) is 0. The summed E-state index contributed by atoms with van der Waals surface area (Å²) in [6.45, 7) is 3.69. The number of para-hydroxylation sites is 1. The standard InChI is InChI=1S/C13H17NO2/c1-3-6-10(2)13(16)14-12-8-5-4-7-11(12)9-15/h4-8,15H,3,9H2,1-2H3,(H,14,16)/b10-6-. The van der Waals surface area contributed by atoms with E-state index in [0.29, 0.717) is 11.3 Å². The number of carbonyl (C=O) groups is 1. The number of carbonyl (C=O) groups excluding carboxylic acids is 1. The van der Waals surface area contributed by atoms with Crippen molar-refractivity contribution in [2.45, 2.75) is 26.9 Å². The third kappa shape index (κ3) is 3.21. The molecule has 1 aromatic rings. The van der Waals surface area contributed by atoms with Gasteiger partial charge in [0.25, 0.3) is 5.91 Å². The Kier molecular flexibility index (Phi) is 4.73. The Bertz CT molecular complexity index is 397. The van der Waals surface area contributed by atoms with Gasteiger partial charge in [-0.1, -0.05) is 31.2 Å². The van der Waals surface area contributed by atoms with Crippen LogP contribution in [0.4, 0.5) is 5.69 Å². The molecule has 0 heterocycles. The molecule has 3 nitrogen and oxygen atoms in total. The number of amides is 1. The summed E-state index contributed by atoms with van der Waals surface area (Å²) in [5, 5.41) is 11.9. The number of aliphatic hydroxyl groups is 1. The molecule has 0 atom stereocenters. The van der Waals surface area contributed by atoms with Gasteiger partial charge >= 0.3 is 0 Å². The van der Waals surface area contributed by atoms with Gasteiger partial charge in [-0.2, -0.15) is 0 Å². The van der Waals surface area contributed by atoms with E-state index in [4.69, 9.17) is 5.11 Å². The number of anilines is 1. The van der Waals surface area contributed by atoms with Gasteiger partial charge in [0.05, 0.1) is 6.61 Å². The Hall–Kier alpha value is -1.61. The van der Waals surface area contributed by atoms with Crippen LogP contribution >= 0.6 is 0 Å². The van der Waals surface area contributed by atoms with Crippen LogP contribution in [0.15, 0.2) is 35.9 Å². The fraction of sp³-hybridized carbons (Fsp3) is 0.308. The van der Waals surface area contributed by atoms with Crippen molar-refractivity contribution < 1.29 is 9.90 Å². The summed E-state index contributed by atoms with van der Waals surface area (Å²) in [6, 6.07) is 7.22. The summed E-state index contributed by atoms with van der Waals surface area (Å²) in [4.78, 5) is 11.7. The molecule has 0 bridgehead atoms. The second kappa shape index (κ2) is 6.08. The fourth-order valence-corrected chi connectivity index (χ4v) is 1.40. The molecule has 0 aliphatic rings. The second-order valence-electron chi connectivity index (χ2n) is 3.56. The van der Waals surface area contributed by atoms with E-state index >= 15 is 0 Å². The molecule has 0 radical (unpaired) electrons. The molecular formula is C13H17NO2. The van der Waals surface area contributed by atoms with Crippen molar-refractivity contribution >= 4 is 11.6 Å². The molecular weight excluding hydrogens is 202 g/mol. The van der Waals surface area contributed by atoms with Crippen LogP contribution < -0.4 is 5.32 Å². The van der Waals surface area contributed by atoms with Crippen LogP contribution in [0, 0.1) is 0 Å². The quantitative estimate of drug-likeness (QED) is 0.764. The summed E-state index contributed by atoms with van der Waals surface area (Å²) < 4.78 is 0. The minimum atomic E-state index is -0.122. The van der Waals surface area contributed by atoms with E-state index in [0.717, 1.165) is 12.0 Å². The minimum Gasteiger partial charge on any atom is -0.392 e. The summed E-state index contributed by atoms with van der Waals surface area (Å²) in [5.74, 6) is -0.122. The van der Waals surface area contributed by atoms with E-state index in [1.54, 1.807) is 19.1 Å². The number of hydrogen-bond donors (Lipinski definition) is 2. The average Bonchev–Trinajstić information content (AvgIpc) is 2.30. The van der Waals surface area contributed by atoms with Crippen molar-refractivity contribution in [3.05, 3.63) is 41.5 Å². The SMILES string of the molecule is CC/C=C(/C)C(=O)Nc1ccccc1CO. The van der Waals surface area contributed by atoms with Crippen molar-refractivity contribution in [1.29, 1.82) is 0 Å². The van der Waals surface area contributed by atoms with Gasteiger partial charge in [-0.25, -0.2) is 0 Å². The maximum atomic E-state index is 11.7. The van der Waals surface area contributed by atoms with Gasteiger partial charge < -0.3 is 10.4 Å². The van der Waals surface area contributed by atoms with Gasteiger partial charge in [-0.05, 0) is 19.4 Å². The highest BCUT2D eigenvalue weighted by Gasteiger charge is 2.06. The van der Waals surface area contributed by atoms with Gasteiger partial charge in [0.15, 0.2) is 0 Å². The zero-order valence-corrected chi connectivity index (χ0v) is 9.66. The monoisotopic (exact) mass is 219 g/mol. The van der Waals surface area contributed by atoms with Crippen LogP contribution in [0.2, 0.25) is 0 Å². The molecule has 16 heavy (non-hydrogen) atoms. The van der Waals surface area contributed by atoms with Crippen molar-refractivity contribution in [2.75, 3.05) is 5.32 Å². The van der Waals surface area contributed by atoms with Crippen molar-refractivity contribution in [2.24, 2.45) is 0 Å². The highest BCUT2D eigenvalue weighted by molar-refractivity contribution is 6.03. The first kappa shape index (κ1) is 12.5. The third-order valence-corrected chi connectivity index (χ3v) is 2.30.